The summed E-state index contributed by atoms with van der Waals surface area (Å²) < 4.78 is 11.4. The Morgan fingerprint density at radius 2 is 2.03 bits per heavy atom. The SMILES string of the molecule is CCCCCSc1nnc2c(n1)O[C@@H](c1ccc(OC)c(O)c1)Nc1ccccc1-2. The molecule has 8 heteroatoms. The van der Waals surface area contributed by atoms with Gasteiger partial charge in [0.05, 0.1) is 7.11 Å². The van der Waals surface area contributed by atoms with E-state index in [2.05, 4.69) is 27.4 Å². The Hall–Kier alpha value is -3.00. The van der Waals surface area contributed by atoms with Gasteiger partial charge in [-0.1, -0.05) is 49.7 Å². The summed E-state index contributed by atoms with van der Waals surface area (Å²) in [4.78, 5) is 4.64. The maximum absolute atomic E-state index is 10.2. The van der Waals surface area contributed by atoms with E-state index >= 15 is 0 Å². The number of phenolic OH excluding ortho intramolecular Hbond substituents is 1. The number of nitrogens with zero attached hydrogens (tertiary/aromatic N) is 3. The van der Waals surface area contributed by atoms with Gasteiger partial charge in [-0.25, -0.2) is 0 Å². The van der Waals surface area contributed by atoms with Crippen molar-refractivity contribution in [1.82, 2.24) is 15.2 Å². The summed E-state index contributed by atoms with van der Waals surface area (Å²) in [5.41, 5.74) is 3.06. The van der Waals surface area contributed by atoms with E-state index in [0.29, 0.717) is 22.5 Å². The second kappa shape index (κ2) is 9.21. The van der Waals surface area contributed by atoms with Crippen molar-refractivity contribution in [3.63, 3.8) is 0 Å². The van der Waals surface area contributed by atoms with Crippen LogP contribution < -0.4 is 14.8 Å². The van der Waals surface area contributed by atoms with Crippen LogP contribution in [0, 0.1) is 0 Å². The fraction of sp³-hybridized carbons (Fsp3) is 0.318. The Bertz CT molecular complexity index is 1030. The molecule has 0 saturated heterocycles. The number of unbranched alkanes of at least 4 members (excludes halogenated alkanes) is 2. The Morgan fingerprint density at radius 1 is 1.17 bits per heavy atom. The number of aromatic hydroxyl groups is 1. The summed E-state index contributed by atoms with van der Waals surface area (Å²) in [6.45, 7) is 2.18. The molecule has 0 saturated carbocycles. The van der Waals surface area contributed by atoms with Crippen LogP contribution in [0.2, 0.25) is 0 Å². The third kappa shape index (κ3) is 4.28. The lowest BCUT2D eigenvalue weighted by molar-refractivity contribution is 0.224. The van der Waals surface area contributed by atoms with Crippen molar-refractivity contribution in [3.05, 3.63) is 48.0 Å². The van der Waals surface area contributed by atoms with Crippen molar-refractivity contribution in [1.29, 1.82) is 0 Å². The molecule has 7 nitrogen and oxygen atoms in total. The van der Waals surface area contributed by atoms with Crippen LogP contribution in [-0.4, -0.2) is 33.2 Å². The summed E-state index contributed by atoms with van der Waals surface area (Å²) in [6, 6.07) is 13.0. The first-order valence-corrected chi connectivity index (χ1v) is 10.9. The van der Waals surface area contributed by atoms with E-state index in [1.807, 2.05) is 30.3 Å². The third-order valence-corrected chi connectivity index (χ3v) is 5.74. The van der Waals surface area contributed by atoms with Crippen LogP contribution in [0.4, 0.5) is 5.69 Å². The van der Waals surface area contributed by atoms with Gasteiger partial charge in [0, 0.05) is 22.6 Å². The van der Waals surface area contributed by atoms with Crippen molar-refractivity contribution >= 4 is 17.4 Å². The van der Waals surface area contributed by atoms with E-state index in [0.717, 1.165) is 29.0 Å². The first-order valence-electron chi connectivity index (χ1n) is 9.96. The second-order valence-electron chi connectivity index (χ2n) is 6.92. The number of phenols is 1. The molecular formula is C22H24N4O3S. The zero-order valence-corrected chi connectivity index (χ0v) is 17.8. The smallest absolute Gasteiger partial charge is 0.247 e. The van der Waals surface area contributed by atoms with E-state index < -0.39 is 6.23 Å². The zero-order valence-electron chi connectivity index (χ0n) is 17.0. The number of nitrogens with one attached hydrogen (secondary N) is 1. The molecule has 1 aliphatic rings. The average Bonchev–Trinajstić information content (AvgIpc) is 2.93. The number of hydrogen-bond acceptors (Lipinski definition) is 8. The Morgan fingerprint density at radius 3 is 2.83 bits per heavy atom. The number of ether oxygens (including phenoxy) is 2. The molecule has 2 N–H and O–H groups in total. The summed E-state index contributed by atoms with van der Waals surface area (Å²) >= 11 is 1.58. The predicted molar refractivity (Wildman–Crippen MR) is 117 cm³/mol. The summed E-state index contributed by atoms with van der Waals surface area (Å²) in [5, 5.41) is 22.9. The molecule has 1 aromatic heterocycles. The minimum Gasteiger partial charge on any atom is -0.504 e. The molecule has 3 aromatic rings. The normalized spacial score (nSPS) is 14.7. The Balaban J connectivity index is 1.68. The highest BCUT2D eigenvalue weighted by Crippen LogP contribution is 2.40. The molecule has 0 unspecified atom stereocenters. The van der Waals surface area contributed by atoms with Crippen molar-refractivity contribution in [2.45, 2.75) is 37.6 Å². The standard InChI is InChI=1S/C22H24N4O3S/c1-3-4-7-12-30-22-24-21-19(25-26-22)15-8-5-6-9-16(15)23-20(29-21)14-10-11-18(28-2)17(27)13-14/h5-6,8-11,13,20,23,27H,3-4,7,12H2,1-2H3/t20-/m0/s1. The van der Waals surface area contributed by atoms with Gasteiger partial charge in [-0.05, 0) is 30.7 Å². The van der Waals surface area contributed by atoms with Crippen LogP contribution >= 0.6 is 11.8 Å². The van der Waals surface area contributed by atoms with E-state index in [1.54, 1.807) is 23.9 Å². The summed E-state index contributed by atoms with van der Waals surface area (Å²) in [7, 11) is 1.52. The first-order chi connectivity index (χ1) is 14.7. The van der Waals surface area contributed by atoms with Crippen LogP contribution in [0.3, 0.4) is 0 Å². The van der Waals surface area contributed by atoms with Crippen LogP contribution in [-0.2, 0) is 0 Å². The molecule has 0 aliphatic carbocycles. The summed E-state index contributed by atoms with van der Waals surface area (Å²) in [6.07, 6.45) is 2.91. The Kier molecular flexibility index (Phi) is 6.23. The number of aromatic nitrogens is 3. The lowest BCUT2D eigenvalue weighted by atomic mass is 10.1. The van der Waals surface area contributed by atoms with E-state index in [-0.39, 0.29) is 5.75 Å². The van der Waals surface area contributed by atoms with Crippen LogP contribution in [0.25, 0.3) is 11.3 Å². The molecule has 2 aromatic carbocycles. The maximum Gasteiger partial charge on any atom is 0.247 e. The molecule has 2 heterocycles. The molecule has 1 aliphatic heterocycles. The number of para-hydroxylation sites is 1. The van der Waals surface area contributed by atoms with Gasteiger partial charge in [0.1, 0.15) is 0 Å². The van der Waals surface area contributed by atoms with Gasteiger partial charge in [0.25, 0.3) is 0 Å². The molecule has 1 atom stereocenters. The molecule has 0 fully saturated rings. The highest BCUT2D eigenvalue weighted by Gasteiger charge is 2.26. The van der Waals surface area contributed by atoms with Crippen LogP contribution in [0.5, 0.6) is 17.4 Å². The number of hydrogen-bond donors (Lipinski definition) is 2. The van der Waals surface area contributed by atoms with Crippen molar-refractivity contribution in [2.24, 2.45) is 0 Å². The van der Waals surface area contributed by atoms with Gasteiger partial charge in [-0.3, -0.25) is 0 Å². The molecule has 156 valence electrons. The molecule has 0 radical (unpaired) electrons. The molecular weight excluding hydrogens is 400 g/mol. The quantitative estimate of drug-likeness (QED) is 0.403. The molecule has 0 amide bonds. The van der Waals surface area contributed by atoms with Crippen molar-refractivity contribution in [3.8, 4) is 28.6 Å². The highest BCUT2D eigenvalue weighted by molar-refractivity contribution is 7.99. The zero-order chi connectivity index (χ0) is 20.9. The average molecular weight is 425 g/mol. The monoisotopic (exact) mass is 424 g/mol. The lowest BCUT2D eigenvalue weighted by Gasteiger charge is -2.20. The van der Waals surface area contributed by atoms with Gasteiger partial charge >= 0.3 is 0 Å². The molecule has 0 spiro atoms. The largest absolute Gasteiger partial charge is 0.504 e. The van der Waals surface area contributed by atoms with Crippen LogP contribution in [0.1, 0.15) is 38.0 Å². The number of anilines is 1. The maximum atomic E-state index is 10.2. The van der Waals surface area contributed by atoms with Crippen LogP contribution in [0.15, 0.2) is 47.6 Å². The minimum atomic E-state index is -0.557. The van der Waals surface area contributed by atoms with Crippen molar-refractivity contribution in [2.75, 3.05) is 18.2 Å². The topological polar surface area (TPSA) is 89.4 Å². The van der Waals surface area contributed by atoms with E-state index in [9.17, 15) is 5.11 Å². The van der Waals surface area contributed by atoms with E-state index in [4.69, 9.17) is 9.47 Å². The first kappa shape index (κ1) is 20.3. The number of fused-ring (bicyclic) bond motifs is 3. The number of benzene rings is 2. The van der Waals surface area contributed by atoms with Gasteiger partial charge in [0.2, 0.25) is 11.0 Å². The third-order valence-electron chi connectivity index (χ3n) is 4.82. The fourth-order valence-electron chi connectivity index (χ4n) is 3.24. The lowest BCUT2D eigenvalue weighted by Crippen LogP contribution is -2.17. The predicted octanol–water partition coefficient (Wildman–Crippen LogP) is 5.04. The second-order valence-corrected chi connectivity index (χ2v) is 7.98. The number of methoxy groups -OCH3 is 1. The van der Waals surface area contributed by atoms with E-state index in [1.165, 1.54) is 20.0 Å². The van der Waals surface area contributed by atoms with Gasteiger partial charge in [0.15, 0.2) is 23.4 Å². The van der Waals surface area contributed by atoms with Gasteiger partial charge < -0.3 is 19.9 Å². The molecule has 30 heavy (non-hydrogen) atoms. The molecule has 0 bridgehead atoms. The van der Waals surface area contributed by atoms with Crippen molar-refractivity contribution < 1.29 is 14.6 Å². The number of thioether (sulfide) groups is 1. The fourth-order valence-corrected chi connectivity index (χ4v) is 4.02. The minimum absolute atomic E-state index is 0.0473. The Labute approximate surface area is 179 Å². The highest BCUT2D eigenvalue weighted by atomic mass is 32.2. The van der Waals surface area contributed by atoms with Gasteiger partial charge in [-0.2, -0.15) is 4.98 Å². The molecule has 4 rings (SSSR count). The van der Waals surface area contributed by atoms with Gasteiger partial charge in [-0.15, -0.1) is 10.2 Å². The number of rotatable bonds is 7. The summed E-state index contributed by atoms with van der Waals surface area (Å²) in [5.74, 6) is 1.81.